The Kier molecular flexibility index (Phi) is 14.8. The number of allylic oxidation sites excluding steroid dienone is 6. The van der Waals surface area contributed by atoms with Crippen molar-refractivity contribution in [3.63, 3.8) is 0 Å². The Morgan fingerprint density at radius 2 is 1.63 bits per heavy atom. The highest BCUT2D eigenvalue weighted by Crippen LogP contribution is 2.41. The van der Waals surface area contributed by atoms with Gasteiger partial charge in [-0.15, -0.1) is 0 Å². The predicted molar refractivity (Wildman–Crippen MR) is 171 cm³/mol. The number of aliphatic imine (C=N–C) groups is 1. The quantitative estimate of drug-likeness (QED) is 0.142. The van der Waals surface area contributed by atoms with E-state index in [4.69, 9.17) is 33.0 Å². The van der Waals surface area contributed by atoms with Crippen LogP contribution in [0.3, 0.4) is 0 Å². The van der Waals surface area contributed by atoms with Crippen LogP contribution < -0.4 is 17.2 Å². The van der Waals surface area contributed by atoms with E-state index in [9.17, 15) is 0 Å². The van der Waals surface area contributed by atoms with Crippen LogP contribution in [-0.4, -0.2) is 30.2 Å². The average Bonchev–Trinajstić information content (AvgIpc) is 2.82. The average molecular weight is 523 g/mol. The fourth-order valence-corrected chi connectivity index (χ4v) is 4.11. The first-order chi connectivity index (χ1) is 17.6. The number of hydrogen-bond donors (Lipinski definition) is 5. The van der Waals surface area contributed by atoms with E-state index in [0.29, 0.717) is 5.69 Å². The second-order valence-corrected chi connectivity index (χ2v) is 11.9. The molecule has 38 heavy (non-hydrogen) atoms. The Morgan fingerprint density at radius 1 is 1.08 bits per heavy atom. The van der Waals surface area contributed by atoms with Crippen LogP contribution in [0.15, 0.2) is 45.6 Å². The molecule has 0 aromatic heterocycles. The molecule has 6 nitrogen and oxygen atoms in total. The number of rotatable bonds is 7. The highest BCUT2D eigenvalue weighted by atomic mass is 14.8. The molecular weight excluding hydrogens is 468 g/mol. The summed E-state index contributed by atoms with van der Waals surface area (Å²) in [6.45, 7) is 21.0. The van der Waals surface area contributed by atoms with Crippen LogP contribution in [0.4, 0.5) is 5.69 Å². The van der Waals surface area contributed by atoms with Crippen LogP contribution in [0.2, 0.25) is 0 Å². The van der Waals surface area contributed by atoms with E-state index in [1.165, 1.54) is 22.9 Å². The molecule has 6 heteroatoms. The third-order valence-corrected chi connectivity index (χ3v) is 5.66. The van der Waals surface area contributed by atoms with Gasteiger partial charge in [-0.05, 0) is 128 Å². The lowest BCUT2D eigenvalue weighted by molar-refractivity contribution is 0.580. The molecule has 1 aromatic carbocycles. The topological polar surface area (TPSA) is 138 Å². The molecule has 0 heterocycles. The molecule has 0 atom stereocenters. The molecule has 0 unspecified atom stereocenters. The lowest BCUT2D eigenvalue weighted by Gasteiger charge is -2.27. The maximum Gasteiger partial charge on any atom is 0.0524 e. The first-order valence-electron chi connectivity index (χ1n) is 13.6. The van der Waals surface area contributed by atoms with Crippen LogP contribution in [0.1, 0.15) is 111 Å². The number of benzene rings is 1. The number of nitrogens with zero attached hydrogens (tertiary/aromatic N) is 1. The lowest BCUT2D eigenvalue weighted by Crippen LogP contribution is -2.26. The van der Waals surface area contributed by atoms with Crippen LogP contribution in [0, 0.1) is 17.7 Å². The van der Waals surface area contributed by atoms with Gasteiger partial charge in [-0.1, -0.05) is 25.5 Å². The van der Waals surface area contributed by atoms with Gasteiger partial charge in [-0.25, -0.2) is 0 Å². The molecule has 1 aromatic rings. The van der Waals surface area contributed by atoms with Crippen molar-refractivity contribution in [3.05, 3.63) is 57.3 Å². The highest BCUT2D eigenvalue weighted by molar-refractivity contribution is 5.97. The van der Waals surface area contributed by atoms with Gasteiger partial charge in [-0.2, -0.15) is 0 Å². The summed E-state index contributed by atoms with van der Waals surface area (Å²) in [5, 5.41) is 13.5. The molecule has 0 spiro atoms. The Labute approximate surface area is 232 Å². The molecular formula is C32H54N6. The van der Waals surface area contributed by atoms with Gasteiger partial charge in [0, 0.05) is 40.5 Å². The Morgan fingerprint density at radius 3 is 2.11 bits per heavy atom. The van der Waals surface area contributed by atoms with Crippen LogP contribution in [-0.2, 0) is 0 Å². The van der Waals surface area contributed by atoms with Gasteiger partial charge < -0.3 is 28.0 Å². The van der Waals surface area contributed by atoms with Gasteiger partial charge in [-0.3, -0.25) is 4.99 Å². The van der Waals surface area contributed by atoms with Gasteiger partial charge in [0.2, 0.25) is 0 Å². The van der Waals surface area contributed by atoms with E-state index in [1.54, 1.807) is 0 Å². The second kappa shape index (κ2) is 16.1. The van der Waals surface area contributed by atoms with Gasteiger partial charge in [0.25, 0.3) is 0 Å². The number of hydrogen-bond acceptors (Lipinski definition) is 6. The molecule has 0 fully saturated rings. The van der Waals surface area contributed by atoms with E-state index < -0.39 is 0 Å². The molecule has 0 radical (unpaired) electrons. The molecule has 0 saturated heterocycles. The SMILES string of the molecule is C=N.CC(C)(C)N.CCC/C=C(C1=C(c2c(C)ccc(N)c2C=N)CCCC1)\C(C=NC(C)(C)C)=C(/C)N. The molecule has 1 aliphatic rings. The molecule has 8 N–H and O–H groups in total. The Hall–Kier alpha value is -2.99. The molecule has 0 aliphatic heterocycles. The summed E-state index contributed by atoms with van der Waals surface area (Å²) < 4.78 is 0. The van der Waals surface area contributed by atoms with Crippen molar-refractivity contribution in [1.82, 2.24) is 0 Å². The van der Waals surface area contributed by atoms with Crippen molar-refractivity contribution in [2.45, 2.75) is 112 Å². The monoisotopic (exact) mass is 522 g/mol. The van der Waals surface area contributed by atoms with Gasteiger partial charge in [0.1, 0.15) is 0 Å². The Bertz CT molecular complexity index is 1030. The maximum atomic E-state index is 8.02. The minimum absolute atomic E-state index is 0. The summed E-state index contributed by atoms with van der Waals surface area (Å²) in [5.41, 5.74) is 27.3. The van der Waals surface area contributed by atoms with E-state index in [-0.39, 0.29) is 11.1 Å². The largest absolute Gasteiger partial charge is 0.402 e. The van der Waals surface area contributed by atoms with Crippen molar-refractivity contribution in [1.29, 1.82) is 10.8 Å². The zero-order valence-electron chi connectivity index (χ0n) is 25.5. The van der Waals surface area contributed by atoms with Crippen molar-refractivity contribution >= 4 is 30.4 Å². The standard InChI is InChI=1S/C27H40N4.C4H11N.CH3N/c1-7-8-11-21(24(19(3)29)17-31-27(4,5)6)20-12-9-10-13-22(20)26-18(2)14-15-25(30)23(26)16-28;1-4(2,3)5;1-2/h11,14-17,28H,7-10,12-13,29-30H2,1-6H3;5H2,1-3H3;2H,1H2/b21-11-,24-19+,28-16?,31-17?;;. The number of nitrogen functional groups attached to an aromatic ring is 1. The van der Waals surface area contributed by atoms with Crippen LogP contribution in [0.25, 0.3) is 5.57 Å². The van der Waals surface area contributed by atoms with Crippen molar-refractivity contribution < 1.29 is 0 Å². The zero-order chi connectivity index (χ0) is 29.7. The number of aryl methyl sites for hydroxylation is 1. The summed E-state index contributed by atoms with van der Waals surface area (Å²) in [4.78, 5) is 4.78. The van der Waals surface area contributed by atoms with Gasteiger partial charge >= 0.3 is 0 Å². The Balaban J connectivity index is 0.00000175. The highest BCUT2D eigenvalue weighted by Gasteiger charge is 2.23. The first-order valence-corrected chi connectivity index (χ1v) is 13.6. The first kappa shape index (κ1) is 35.0. The number of nitrogens with one attached hydrogen (secondary N) is 2. The van der Waals surface area contributed by atoms with Crippen LogP contribution in [0.5, 0.6) is 0 Å². The van der Waals surface area contributed by atoms with E-state index >= 15 is 0 Å². The summed E-state index contributed by atoms with van der Waals surface area (Å²) in [7, 11) is 0. The maximum absolute atomic E-state index is 8.02. The predicted octanol–water partition coefficient (Wildman–Crippen LogP) is 7.74. The fourth-order valence-electron chi connectivity index (χ4n) is 4.11. The summed E-state index contributed by atoms with van der Waals surface area (Å²) in [6.07, 6.45) is 12.0. The minimum atomic E-state index is -0.168. The fraction of sp³-hybridized carbons (Fsp3) is 0.531. The van der Waals surface area contributed by atoms with Gasteiger partial charge in [0.15, 0.2) is 0 Å². The molecule has 1 aliphatic carbocycles. The van der Waals surface area contributed by atoms with Crippen LogP contribution >= 0.6 is 0 Å². The third kappa shape index (κ3) is 12.0. The number of nitrogens with two attached hydrogens (primary N) is 3. The zero-order valence-corrected chi connectivity index (χ0v) is 25.5. The second-order valence-electron chi connectivity index (χ2n) is 11.9. The summed E-state index contributed by atoms with van der Waals surface area (Å²) in [6, 6.07) is 3.97. The summed E-state index contributed by atoms with van der Waals surface area (Å²) in [5.74, 6) is 0. The molecule has 0 saturated carbocycles. The number of unbranched alkanes of at least 4 members (excludes halogenated alkanes) is 1. The summed E-state index contributed by atoms with van der Waals surface area (Å²) >= 11 is 0. The van der Waals surface area contributed by atoms with E-state index in [1.807, 2.05) is 40.0 Å². The normalized spacial score (nSPS) is 15.3. The van der Waals surface area contributed by atoms with Crippen molar-refractivity contribution in [2.75, 3.05) is 5.73 Å². The minimum Gasteiger partial charge on any atom is -0.402 e. The molecule has 2 rings (SSSR count). The van der Waals surface area contributed by atoms with E-state index in [2.05, 4.69) is 53.5 Å². The van der Waals surface area contributed by atoms with Crippen molar-refractivity contribution in [3.8, 4) is 0 Å². The molecule has 212 valence electrons. The smallest absolute Gasteiger partial charge is 0.0524 e. The van der Waals surface area contributed by atoms with E-state index in [0.717, 1.165) is 66.5 Å². The molecule has 0 amide bonds. The van der Waals surface area contributed by atoms with Crippen molar-refractivity contribution in [2.24, 2.45) is 16.5 Å². The third-order valence-electron chi connectivity index (χ3n) is 5.66. The number of anilines is 1. The lowest BCUT2D eigenvalue weighted by atomic mass is 9.78. The van der Waals surface area contributed by atoms with Gasteiger partial charge in [0.05, 0.1) is 5.54 Å². The molecule has 0 bridgehead atoms.